The predicted octanol–water partition coefficient (Wildman–Crippen LogP) is 2.75. The number of benzene rings is 1. The fourth-order valence-corrected chi connectivity index (χ4v) is 0.913. The normalized spacial score (nSPS) is 10.1. The zero-order valence-electron chi connectivity index (χ0n) is 6.91. The quantitative estimate of drug-likeness (QED) is 0.742. The van der Waals surface area contributed by atoms with Crippen LogP contribution in [0.15, 0.2) is 35.1 Å². The van der Waals surface area contributed by atoms with E-state index in [0.717, 1.165) is 18.2 Å². The van der Waals surface area contributed by atoms with E-state index < -0.39 is 11.6 Å². The van der Waals surface area contributed by atoms with Gasteiger partial charge in [-0.3, -0.25) is 0 Å². The highest BCUT2D eigenvalue weighted by atomic mass is 19.1. The molecule has 0 atom stereocenters. The van der Waals surface area contributed by atoms with E-state index in [1.54, 1.807) is 0 Å². The van der Waals surface area contributed by atoms with E-state index in [1.165, 1.54) is 12.5 Å². The molecule has 5 heteroatoms. The second-order valence-electron chi connectivity index (χ2n) is 2.47. The molecular formula is C9H5F2NO2. The Labute approximate surface area is 77.9 Å². The lowest BCUT2D eigenvalue weighted by Gasteiger charge is -2.01. The molecule has 0 saturated carbocycles. The van der Waals surface area contributed by atoms with Crippen molar-refractivity contribution in [3.63, 3.8) is 0 Å². The van der Waals surface area contributed by atoms with Crippen molar-refractivity contribution in [1.29, 1.82) is 0 Å². The molecule has 0 aliphatic rings. The van der Waals surface area contributed by atoms with Crippen molar-refractivity contribution in [1.82, 2.24) is 4.98 Å². The maximum atomic E-state index is 13.0. The van der Waals surface area contributed by atoms with Gasteiger partial charge in [0, 0.05) is 6.07 Å². The van der Waals surface area contributed by atoms with Crippen molar-refractivity contribution in [3.8, 4) is 11.8 Å². The Balaban J connectivity index is 2.25. The summed E-state index contributed by atoms with van der Waals surface area (Å²) in [5, 5.41) is 0. The largest absolute Gasteiger partial charge is 0.417 e. The molecule has 0 aliphatic heterocycles. The van der Waals surface area contributed by atoms with Gasteiger partial charge in [-0.05, 0) is 12.1 Å². The molecule has 1 heterocycles. The molecule has 0 unspecified atom stereocenters. The molecule has 0 fully saturated rings. The molecular weight excluding hydrogens is 192 g/mol. The number of hydrogen-bond donors (Lipinski definition) is 0. The van der Waals surface area contributed by atoms with Crippen molar-refractivity contribution >= 4 is 0 Å². The number of halogens is 2. The Morgan fingerprint density at radius 1 is 1.29 bits per heavy atom. The molecule has 2 aromatic rings. The fraction of sp³-hybridized carbons (Fsp3) is 0. The number of hydrogen-bond acceptors (Lipinski definition) is 3. The fourth-order valence-electron chi connectivity index (χ4n) is 0.913. The van der Waals surface area contributed by atoms with Crippen LogP contribution in [0.5, 0.6) is 11.8 Å². The van der Waals surface area contributed by atoms with Gasteiger partial charge >= 0.3 is 6.08 Å². The van der Waals surface area contributed by atoms with Gasteiger partial charge in [0.25, 0.3) is 0 Å². The minimum Gasteiger partial charge on any atom is -0.417 e. The summed E-state index contributed by atoms with van der Waals surface area (Å²) in [6.45, 7) is 0. The maximum Gasteiger partial charge on any atom is 0.399 e. The van der Waals surface area contributed by atoms with Crippen LogP contribution in [0.25, 0.3) is 0 Å². The first-order valence-corrected chi connectivity index (χ1v) is 3.78. The Kier molecular flexibility index (Phi) is 2.14. The Bertz CT molecular complexity index is 428. The van der Waals surface area contributed by atoms with Crippen molar-refractivity contribution in [2.75, 3.05) is 0 Å². The SMILES string of the molecule is Fc1ccc(Oc2ncco2)c(F)c1. The van der Waals surface area contributed by atoms with Gasteiger partial charge in [0.2, 0.25) is 0 Å². The van der Waals surface area contributed by atoms with Gasteiger partial charge in [0.15, 0.2) is 11.6 Å². The summed E-state index contributed by atoms with van der Waals surface area (Å²) in [5.74, 6) is -1.60. The Hall–Kier alpha value is -1.91. The van der Waals surface area contributed by atoms with E-state index in [2.05, 4.69) is 4.98 Å². The van der Waals surface area contributed by atoms with Crippen LogP contribution in [0.3, 0.4) is 0 Å². The summed E-state index contributed by atoms with van der Waals surface area (Å²) < 4.78 is 35.1. The molecule has 1 aromatic carbocycles. The first-order valence-electron chi connectivity index (χ1n) is 3.78. The Morgan fingerprint density at radius 3 is 2.79 bits per heavy atom. The molecule has 0 radical (unpaired) electrons. The number of oxazole rings is 1. The van der Waals surface area contributed by atoms with Crippen LogP contribution < -0.4 is 4.74 Å². The van der Waals surface area contributed by atoms with Crippen LogP contribution in [0.2, 0.25) is 0 Å². The Morgan fingerprint density at radius 2 is 2.14 bits per heavy atom. The van der Waals surface area contributed by atoms with E-state index >= 15 is 0 Å². The highest BCUT2D eigenvalue weighted by molar-refractivity contribution is 5.26. The lowest BCUT2D eigenvalue weighted by atomic mass is 10.3. The average molecular weight is 197 g/mol. The molecule has 0 N–H and O–H groups in total. The molecule has 1 aromatic heterocycles. The highest BCUT2D eigenvalue weighted by Crippen LogP contribution is 2.23. The lowest BCUT2D eigenvalue weighted by Crippen LogP contribution is -1.89. The molecule has 0 spiro atoms. The van der Waals surface area contributed by atoms with E-state index in [4.69, 9.17) is 9.15 Å². The number of aromatic nitrogens is 1. The monoisotopic (exact) mass is 197 g/mol. The van der Waals surface area contributed by atoms with Gasteiger partial charge in [0.05, 0.1) is 6.20 Å². The summed E-state index contributed by atoms with van der Waals surface area (Å²) in [7, 11) is 0. The van der Waals surface area contributed by atoms with Crippen LogP contribution in [0.4, 0.5) is 8.78 Å². The molecule has 0 saturated heterocycles. The van der Waals surface area contributed by atoms with Crippen LogP contribution in [0, 0.1) is 11.6 Å². The average Bonchev–Trinajstić information content (AvgIpc) is 2.62. The number of rotatable bonds is 2. The first-order chi connectivity index (χ1) is 6.75. The van der Waals surface area contributed by atoms with Crippen LogP contribution in [-0.2, 0) is 0 Å². The summed E-state index contributed by atoms with van der Waals surface area (Å²) in [6, 6.07) is 2.97. The van der Waals surface area contributed by atoms with Crippen molar-refractivity contribution in [3.05, 3.63) is 42.3 Å². The molecule has 14 heavy (non-hydrogen) atoms. The van der Waals surface area contributed by atoms with Gasteiger partial charge in [-0.1, -0.05) is 0 Å². The van der Waals surface area contributed by atoms with Gasteiger partial charge in [-0.2, -0.15) is 4.98 Å². The van der Waals surface area contributed by atoms with Crippen molar-refractivity contribution in [2.45, 2.75) is 0 Å². The van der Waals surface area contributed by atoms with Crippen LogP contribution in [-0.4, -0.2) is 4.98 Å². The molecule has 0 bridgehead atoms. The maximum absolute atomic E-state index is 13.0. The van der Waals surface area contributed by atoms with E-state index in [9.17, 15) is 8.78 Å². The van der Waals surface area contributed by atoms with E-state index in [0.29, 0.717) is 0 Å². The smallest absolute Gasteiger partial charge is 0.399 e. The molecule has 72 valence electrons. The summed E-state index contributed by atoms with van der Waals surface area (Å²) >= 11 is 0. The van der Waals surface area contributed by atoms with Crippen molar-refractivity contribution in [2.24, 2.45) is 0 Å². The third kappa shape index (κ3) is 1.71. The third-order valence-corrected chi connectivity index (χ3v) is 1.50. The van der Waals surface area contributed by atoms with E-state index in [-0.39, 0.29) is 11.8 Å². The number of nitrogens with zero attached hydrogens (tertiary/aromatic N) is 1. The minimum absolute atomic E-state index is 0.0875. The molecule has 3 nitrogen and oxygen atoms in total. The summed E-state index contributed by atoms with van der Waals surface area (Å²) in [4.78, 5) is 3.63. The second kappa shape index (κ2) is 3.45. The summed E-state index contributed by atoms with van der Waals surface area (Å²) in [6.07, 6.45) is 2.56. The number of ether oxygens (including phenoxy) is 1. The van der Waals surface area contributed by atoms with E-state index in [1.807, 2.05) is 0 Å². The standard InChI is InChI=1S/C9H5F2NO2/c10-6-1-2-8(7(11)5-6)14-9-12-3-4-13-9/h1-5H. The van der Waals surface area contributed by atoms with Crippen LogP contribution >= 0.6 is 0 Å². The van der Waals surface area contributed by atoms with Gasteiger partial charge in [-0.25, -0.2) is 8.78 Å². The van der Waals surface area contributed by atoms with Gasteiger partial charge in [-0.15, -0.1) is 0 Å². The van der Waals surface area contributed by atoms with Crippen LogP contribution in [0.1, 0.15) is 0 Å². The highest BCUT2D eigenvalue weighted by Gasteiger charge is 2.07. The first kappa shape index (κ1) is 8.68. The van der Waals surface area contributed by atoms with Gasteiger partial charge < -0.3 is 9.15 Å². The minimum atomic E-state index is -0.803. The zero-order chi connectivity index (χ0) is 9.97. The topological polar surface area (TPSA) is 35.3 Å². The second-order valence-corrected chi connectivity index (χ2v) is 2.47. The lowest BCUT2D eigenvalue weighted by molar-refractivity contribution is 0.317. The third-order valence-electron chi connectivity index (χ3n) is 1.50. The summed E-state index contributed by atoms with van der Waals surface area (Å²) in [5.41, 5.74) is 0. The van der Waals surface area contributed by atoms with Crippen molar-refractivity contribution < 1.29 is 17.9 Å². The zero-order valence-corrected chi connectivity index (χ0v) is 6.91. The predicted molar refractivity (Wildman–Crippen MR) is 42.9 cm³/mol. The van der Waals surface area contributed by atoms with Gasteiger partial charge in [0.1, 0.15) is 12.1 Å². The molecule has 2 rings (SSSR count). The molecule has 0 aliphatic carbocycles. The molecule has 0 amide bonds.